The Bertz CT molecular complexity index is 1000. The van der Waals surface area contributed by atoms with Gasteiger partial charge in [-0.1, -0.05) is 29.8 Å². The van der Waals surface area contributed by atoms with Gasteiger partial charge in [0.1, 0.15) is 23.0 Å². The molecule has 4 nitrogen and oxygen atoms in total. The van der Waals surface area contributed by atoms with Crippen molar-refractivity contribution in [2.75, 3.05) is 18.4 Å². The largest absolute Gasteiger partial charge is 0.356 e. The highest BCUT2D eigenvalue weighted by molar-refractivity contribution is 6.04. The molecule has 0 fully saturated rings. The standard InChI is InChI=1S/C24H25F2N3O/c1-4-13-27-17(3)29-14-12-16(2)20(15-29)18-8-10-19(11-9-18)28-24(30)23-21(25)6-5-7-22(23)26/h4-11,13H,12,14-15H2,1-3H3,(H,28,30)/b13-4-,27-17+. The van der Waals surface area contributed by atoms with Crippen LogP contribution in [0.3, 0.4) is 0 Å². The fourth-order valence-electron chi connectivity index (χ4n) is 3.40. The Morgan fingerprint density at radius 3 is 2.43 bits per heavy atom. The molecule has 0 spiro atoms. The second kappa shape index (κ2) is 9.48. The molecule has 1 amide bonds. The summed E-state index contributed by atoms with van der Waals surface area (Å²) in [6, 6.07) is 10.7. The van der Waals surface area contributed by atoms with Crippen molar-refractivity contribution in [2.24, 2.45) is 4.99 Å². The van der Waals surface area contributed by atoms with Crippen molar-refractivity contribution in [1.82, 2.24) is 4.90 Å². The second-order valence-electron chi connectivity index (χ2n) is 7.22. The number of benzene rings is 2. The third-order valence-electron chi connectivity index (χ3n) is 5.17. The average molecular weight is 409 g/mol. The van der Waals surface area contributed by atoms with E-state index in [0.29, 0.717) is 5.69 Å². The average Bonchev–Trinajstić information content (AvgIpc) is 2.73. The summed E-state index contributed by atoms with van der Waals surface area (Å²) in [5.41, 5.74) is 3.47. The normalized spacial score (nSPS) is 15.1. The molecule has 1 heterocycles. The smallest absolute Gasteiger partial charge is 0.261 e. The van der Waals surface area contributed by atoms with Gasteiger partial charge in [0.15, 0.2) is 0 Å². The summed E-state index contributed by atoms with van der Waals surface area (Å²) in [5.74, 6) is -1.62. The minimum atomic E-state index is -0.887. The summed E-state index contributed by atoms with van der Waals surface area (Å²) < 4.78 is 27.6. The van der Waals surface area contributed by atoms with Gasteiger partial charge in [0, 0.05) is 25.0 Å². The van der Waals surface area contributed by atoms with E-state index in [-0.39, 0.29) is 0 Å². The van der Waals surface area contributed by atoms with E-state index < -0.39 is 23.1 Å². The quantitative estimate of drug-likeness (QED) is 0.524. The first-order valence-electron chi connectivity index (χ1n) is 9.85. The lowest BCUT2D eigenvalue weighted by Gasteiger charge is -2.31. The summed E-state index contributed by atoms with van der Waals surface area (Å²) in [6.07, 6.45) is 4.63. The van der Waals surface area contributed by atoms with Crippen molar-refractivity contribution in [1.29, 1.82) is 0 Å². The first kappa shape index (κ1) is 21.4. The maximum atomic E-state index is 13.8. The number of hydrogen-bond acceptors (Lipinski definition) is 2. The predicted octanol–water partition coefficient (Wildman–Crippen LogP) is 5.65. The van der Waals surface area contributed by atoms with Crippen molar-refractivity contribution in [3.05, 3.63) is 83.1 Å². The zero-order valence-electron chi connectivity index (χ0n) is 17.4. The summed E-state index contributed by atoms with van der Waals surface area (Å²) >= 11 is 0. The molecule has 1 aliphatic rings. The van der Waals surface area contributed by atoms with Gasteiger partial charge in [-0.3, -0.25) is 4.79 Å². The van der Waals surface area contributed by atoms with Crippen molar-refractivity contribution < 1.29 is 13.6 Å². The number of nitrogens with zero attached hydrogens (tertiary/aromatic N) is 2. The van der Waals surface area contributed by atoms with Crippen LogP contribution in [0.15, 0.2) is 65.3 Å². The van der Waals surface area contributed by atoms with E-state index in [0.717, 1.165) is 43.0 Å². The number of aliphatic imine (C=N–C) groups is 1. The number of carbonyl (C=O) groups is 1. The molecule has 1 N–H and O–H groups in total. The third-order valence-corrected chi connectivity index (χ3v) is 5.17. The number of halogens is 2. The molecular weight excluding hydrogens is 384 g/mol. The van der Waals surface area contributed by atoms with E-state index in [9.17, 15) is 13.6 Å². The molecule has 0 atom stereocenters. The molecule has 0 aromatic heterocycles. The topological polar surface area (TPSA) is 44.7 Å². The number of anilines is 1. The first-order chi connectivity index (χ1) is 14.4. The van der Waals surface area contributed by atoms with Crippen LogP contribution in [0.25, 0.3) is 5.57 Å². The van der Waals surface area contributed by atoms with Gasteiger partial charge in [-0.25, -0.2) is 13.8 Å². The first-order valence-corrected chi connectivity index (χ1v) is 9.85. The third kappa shape index (κ3) is 4.82. The van der Waals surface area contributed by atoms with Crippen LogP contribution in [0.1, 0.15) is 43.1 Å². The van der Waals surface area contributed by atoms with Gasteiger partial charge in [-0.15, -0.1) is 0 Å². The lowest BCUT2D eigenvalue weighted by molar-refractivity contribution is 0.101. The van der Waals surface area contributed by atoms with E-state index >= 15 is 0 Å². The van der Waals surface area contributed by atoms with Crippen molar-refractivity contribution in [3.8, 4) is 0 Å². The number of carbonyl (C=O) groups excluding carboxylic acids is 1. The number of hydrogen-bond donors (Lipinski definition) is 1. The lowest BCUT2D eigenvalue weighted by Crippen LogP contribution is -2.34. The van der Waals surface area contributed by atoms with Crippen LogP contribution in [0.5, 0.6) is 0 Å². The summed E-state index contributed by atoms with van der Waals surface area (Å²) in [7, 11) is 0. The Morgan fingerprint density at radius 1 is 1.13 bits per heavy atom. The van der Waals surface area contributed by atoms with Crippen LogP contribution in [0, 0.1) is 11.6 Å². The summed E-state index contributed by atoms with van der Waals surface area (Å²) in [4.78, 5) is 18.9. The number of nitrogens with one attached hydrogen (secondary N) is 1. The molecule has 0 aliphatic carbocycles. The molecule has 3 rings (SSSR count). The Morgan fingerprint density at radius 2 is 1.80 bits per heavy atom. The minimum Gasteiger partial charge on any atom is -0.356 e. The maximum Gasteiger partial charge on any atom is 0.261 e. The van der Waals surface area contributed by atoms with E-state index in [1.165, 1.54) is 17.2 Å². The second-order valence-corrected chi connectivity index (χ2v) is 7.22. The zero-order chi connectivity index (χ0) is 21.7. The summed E-state index contributed by atoms with van der Waals surface area (Å²) in [6.45, 7) is 7.74. The molecule has 2 aromatic carbocycles. The molecule has 6 heteroatoms. The van der Waals surface area contributed by atoms with Gasteiger partial charge in [0.05, 0.1) is 0 Å². The molecule has 0 unspecified atom stereocenters. The van der Waals surface area contributed by atoms with Gasteiger partial charge in [-0.05, 0) is 62.6 Å². The SMILES string of the molecule is C/C=C\N=C(/C)N1CCC(C)=C(c2ccc(NC(=O)c3c(F)cccc3F)cc2)C1. The molecule has 30 heavy (non-hydrogen) atoms. The van der Waals surface area contributed by atoms with Gasteiger partial charge in [0.25, 0.3) is 5.91 Å². The fourth-order valence-corrected chi connectivity index (χ4v) is 3.40. The Balaban J connectivity index is 1.76. The van der Waals surface area contributed by atoms with Crippen molar-refractivity contribution >= 4 is 23.0 Å². The highest BCUT2D eigenvalue weighted by Gasteiger charge is 2.20. The molecular formula is C24H25F2N3O. The highest BCUT2D eigenvalue weighted by atomic mass is 19.1. The van der Waals surface area contributed by atoms with Crippen LogP contribution < -0.4 is 5.32 Å². The van der Waals surface area contributed by atoms with Gasteiger partial charge in [-0.2, -0.15) is 0 Å². The maximum absolute atomic E-state index is 13.8. The van der Waals surface area contributed by atoms with Crippen LogP contribution in [0.4, 0.5) is 14.5 Å². The van der Waals surface area contributed by atoms with Crippen LogP contribution in [-0.4, -0.2) is 29.7 Å². The van der Waals surface area contributed by atoms with Crippen molar-refractivity contribution in [3.63, 3.8) is 0 Å². The molecule has 156 valence electrons. The lowest BCUT2D eigenvalue weighted by atomic mass is 9.94. The van der Waals surface area contributed by atoms with E-state index in [1.54, 1.807) is 18.3 Å². The fraction of sp³-hybridized carbons (Fsp3) is 0.250. The monoisotopic (exact) mass is 409 g/mol. The van der Waals surface area contributed by atoms with Gasteiger partial charge < -0.3 is 10.2 Å². The summed E-state index contributed by atoms with van der Waals surface area (Å²) in [5, 5.41) is 2.56. The zero-order valence-corrected chi connectivity index (χ0v) is 17.4. The minimum absolute atomic E-state index is 0.475. The number of allylic oxidation sites excluding steroid dienone is 1. The highest BCUT2D eigenvalue weighted by Crippen LogP contribution is 2.28. The molecule has 0 bridgehead atoms. The molecule has 2 aromatic rings. The van der Waals surface area contributed by atoms with Crippen LogP contribution in [0.2, 0.25) is 0 Å². The van der Waals surface area contributed by atoms with Crippen molar-refractivity contribution in [2.45, 2.75) is 27.2 Å². The molecule has 1 aliphatic heterocycles. The number of amidine groups is 1. The molecule has 0 saturated carbocycles. The van der Waals surface area contributed by atoms with E-state index in [1.807, 2.05) is 32.1 Å². The van der Waals surface area contributed by atoms with E-state index in [4.69, 9.17) is 0 Å². The van der Waals surface area contributed by atoms with E-state index in [2.05, 4.69) is 22.1 Å². The van der Waals surface area contributed by atoms with Gasteiger partial charge in [0.2, 0.25) is 0 Å². The Hall–Kier alpha value is -3.28. The number of rotatable bonds is 4. The van der Waals surface area contributed by atoms with Crippen LogP contribution >= 0.6 is 0 Å². The molecule has 0 saturated heterocycles. The predicted molar refractivity (Wildman–Crippen MR) is 117 cm³/mol. The van der Waals surface area contributed by atoms with Gasteiger partial charge >= 0.3 is 0 Å². The number of amides is 1. The Kier molecular flexibility index (Phi) is 6.77. The van der Waals surface area contributed by atoms with Crippen LogP contribution in [-0.2, 0) is 0 Å². The Labute approximate surface area is 175 Å². The molecule has 0 radical (unpaired) electrons.